The Morgan fingerprint density at radius 1 is 0.919 bits per heavy atom. The predicted molar refractivity (Wildman–Crippen MR) is 135 cm³/mol. The van der Waals surface area contributed by atoms with Crippen LogP contribution in [0, 0.1) is 0 Å². The molecule has 1 aromatic heterocycles. The second-order valence-corrected chi connectivity index (χ2v) is 8.18. The van der Waals surface area contributed by atoms with Crippen LogP contribution in [0.3, 0.4) is 0 Å². The summed E-state index contributed by atoms with van der Waals surface area (Å²) in [5.41, 5.74) is 0.821. The van der Waals surface area contributed by atoms with Crippen LogP contribution < -0.4 is 4.74 Å². The maximum absolute atomic E-state index is 14.7. The van der Waals surface area contributed by atoms with Crippen molar-refractivity contribution in [2.45, 2.75) is 19.5 Å². The van der Waals surface area contributed by atoms with Gasteiger partial charge in [0.25, 0.3) is 0 Å². The van der Waals surface area contributed by atoms with E-state index in [1.807, 2.05) is 6.92 Å². The van der Waals surface area contributed by atoms with Crippen LogP contribution in [0.15, 0.2) is 83.9 Å². The van der Waals surface area contributed by atoms with Crippen LogP contribution in [0.5, 0.6) is 5.75 Å². The Hall–Kier alpha value is -3.95. The second-order valence-electron chi connectivity index (χ2n) is 8.18. The lowest BCUT2D eigenvalue weighted by atomic mass is 9.98. The molecule has 0 radical (unpaired) electrons. The smallest absolute Gasteiger partial charge is 0.497 e. The number of imidazole rings is 1. The van der Waals surface area contributed by atoms with Gasteiger partial charge in [-0.25, -0.2) is 4.98 Å². The minimum atomic E-state index is -4.53. The highest BCUT2D eigenvalue weighted by Gasteiger charge is 2.33. The van der Waals surface area contributed by atoms with E-state index in [-0.39, 0.29) is 35.0 Å². The van der Waals surface area contributed by atoms with E-state index < -0.39 is 19.1 Å². The molecule has 0 unspecified atom stereocenters. The highest BCUT2D eigenvalue weighted by atomic mass is 19.4. The number of hydrogen-bond donors (Lipinski definition) is 0. The number of alkyl halides is 3. The predicted octanol–water partition coefficient (Wildman–Crippen LogP) is 7.26. The third-order valence-corrected chi connectivity index (χ3v) is 5.71. The molecule has 0 amide bonds. The summed E-state index contributed by atoms with van der Waals surface area (Å²) in [4.78, 5) is 9.18. The molecule has 0 aliphatic heterocycles. The van der Waals surface area contributed by atoms with E-state index in [0.717, 1.165) is 16.6 Å². The third kappa shape index (κ3) is 5.58. The van der Waals surface area contributed by atoms with E-state index in [9.17, 15) is 21.8 Å². The van der Waals surface area contributed by atoms with E-state index in [1.54, 1.807) is 54.6 Å². The number of methoxy groups -OCH3 is 1. The number of halogens is 5. The first-order valence-corrected chi connectivity index (χ1v) is 11.6. The number of hydrogen-bond acceptors (Lipinski definition) is 3. The molecule has 10 heteroatoms. The molecule has 0 aliphatic carbocycles. The molecule has 37 heavy (non-hydrogen) atoms. The maximum atomic E-state index is 14.7. The fraction of sp³-hybridized carbons (Fsp3) is 0.185. The van der Waals surface area contributed by atoms with Crippen molar-refractivity contribution >= 4 is 13.1 Å². The number of rotatable bonds is 8. The summed E-state index contributed by atoms with van der Waals surface area (Å²) in [7, 11) is -1.48. The van der Waals surface area contributed by atoms with E-state index in [2.05, 4.69) is 9.98 Å². The Balaban J connectivity index is 2.01. The van der Waals surface area contributed by atoms with Crippen molar-refractivity contribution < 1.29 is 26.5 Å². The zero-order valence-electron chi connectivity index (χ0n) is 20.1. The molecular weight excluding hydrogens is 488 g/mol. The lowest BCUT2D eigenvalue weighted by molar-refractivity contribution is -0.137. The van der Waals surface area contributed by atoms with Crippen LogP contribution in [0.2, 0.25) is 0 Å². The van der Waals surface area contributed by atoms with Gasteiger partial charge in [0.15, 0.2) is 0 Å². The van der Waals surface area contributed by atoms with Gasteiger partial charge in [-0.05, 0) is 42.8 Å². The number of aliphatic imine (C=N–C) groups is 1. The highest BCUT2D eigenvalue weighted by Crippen LogP contribution is 2.34. The summed E-state index contributed by atoms with van der Waals surface area (Å²) < 4.78 is 75.1. The van der Waals surface area contributed by atoms with Crippen molar-refractivity contribution in [1.82, 2.24) is 9.46 Å². The lowest BCUT2D eigenvalue weighted by Gasteiger charge is -2.15. The molecule has 0 saturated carbocycles. The summed E-state index contributed by atoms with van der Waals surface area (Å²) in [5.74, 6) is 0.594. The Morgan fingerprint density at radius 3 is 2.11 bits per heavy atom. The van der Waals surface area contributed by atoms with E-state index in [4.69, 9.17) is 4.74 Å². The molecule has 4 rings (SSSR count). The molecule has 4 nitrogen and oxygen atoms in total. The minimum absolute atomic E-state index is 0.0206. The topological polar surface area (TPSA) is 39.4 Å². The maximum Gasteiger partial charge on any atom is 0.679 e. The highest BCUT2D eigenvalue weighted by molar-refractivity contribution is 6.43. The first kappa shape index (κ1) is 26.1. The quantitative estimate of drug-likeness (QED) is 0.142. The molecule has 0 bridgehead atoms. The van der Waals surface area contributed by atoms with E-state index in [0.29, 0.717) is 23.3 Å². The first-order chi connectivity index (χ1) is 17.7. The Morgan fingerprint density at radius 2 is 1.57 bits per heavy atom. The molecule has 0 spiro atoms. The molecule has 190 valence electrons. The van der Waals surface area contributed by atoms with Gasteiger partial charge >= 0.3 is 13.6 Å². The summed E-state index contributed by atoms with van der Waals surface area (Å²) >= 11 is 0. The van der Waals surface area contributed by atoms with Crippen LogP contribution in [0.25, 0.3) is 22.6 Å². The van der Waals surface area contributed by atoms with Crippen LogP contribution >= 0.6 is 0 Å². The minimum Gasteiger partial charge on any atom is -0.497 e. The normalized spacial score (nSPS) is 12.0. The summed E-state index contributed by atoms with van der Waals surface area (Å²) in [6, 6.07) is 19.6. The largest absolute Gasteiger partial charge is 0.679 e. The summed E-state index contributed by atoms with van der Waals surface area (Å²) in [6.45, 7) is 2.16. The lowest BCUT2D eigenvalue weighted by Crippen LogP contribution is -2.22. The van der Waals surface area contributed by atoms with Crippen molar-refractivity contribution in [3.05, 3.63) is 95.7 Å². The summed E-state index contributed by atoms with van der Waals surface area (Å²) in [6.07, 6.45) is -3.92. The average Bonchev–Trinajstić information content (AvgIpc) is 3.30. The monoisotopic (exact) mass is 511 g/mol. The number of aromatic nitrogens is 2. The fourth-order valence-corrected chi connectivity index (χ4v) is 3.93. The number of nitrogens with zero attached hydrogens (tertiary/aromatic N) is 3. The van der Waals surface area contributed by atoms with Gasteiger partial charge in [-0.1, -0.05) is 49.4 Å². The standard InChI is InChI=1S/C27H23BF5N3O/c1-3-17-34-23(18-9-13-21(14-10-18)27(29,30)31)25-24(19-11-15-22(37-2)16-12-19)35-26(36(25)28(32)33)20-7-5-4-6-8-20/h4-16H,3,17H2,1-2H3. The molecule has 0 aliphatic rings. The van der Waals surface area contributed by atoms with Crippen molar-refractivity contribution in [2.75, 3.05) is 13.7 Å². The Kier molecular flexibility index (Phi) is 7.76. The van der Waals surface area contributed by atoms with Gasteiger partial charge in [-0.3, -0.25) is 13.6 Å². The molecule has 0 atom stereocenters. The van der Waals surface area contributed by atoms with Crippen molar-refractivity contribution in [3.8, 4) is 28.4 Å². The van der Waals surface area contributed by atoms with Crippen LogP contribution in [0.1, 0.15) is 30.2 Å². The fourth-order valence-electron chi connectivity index (χ4n) is 3.93. The Labute approximate surface area is 211 Å². The van der Waals surface area contributed by atoms with Gasteiger partial charge in [0.05, 0.1) is 29.8 Å². The van der Waals surface area contributed by atoms with Crippen LogP contribution in [-0.4, -0.2) is 36.2 Å². The van der Waals surface area contributed by atoms with Crippen LogP contribution in [-0.2, 0) is 6.18 Å². The molecule has 4 aromatic rings. The third-order valence-electron chi connectivity index (χ3n) is 5.71. The second kappa shape index (κ2) is 11.0. The SMILES string of the molecule is CCCN=C(c1ccc(C(F)(F)F)cc1)c1c(-c2ccc(OC)cc2)nc(-c2ccccc2)n1B(F)F. The van der Waals surface area contributed by atoms with Gasteiger partial charge in [-0.2, -0.15) is 13.2 Å². The zero-order valence-corrected chi connectivity index (χ0v) is 20.1. The number of benzene rings is 3. The van der Waals surface area contributed by atoms with Gasteiger partial charge in [0.2, 0.25) is 0 Å². The van der Waals surface area contributed by atoms with Gasteiger partial charge in [0, 0.05) is 23.2 Å². The molecule has 3 aromatic carbocycles. The Bertz CT molecular complexity index is 1370. The average molecular weight is 511 g/mol. The van der Waals surface area contributed by atoms with Crippen molar-refractivity contribution in [3.63, 3.8) is 0 Å². The van der Waals surface area contributed by atoms with Gasteiger partial charge in [0.1, 0.15) is 11.6 Å². The summed E-state index contributed by atoms with van der Waals surface area (Å²) in [5, 5.41) is 0. The van der Waals surface area contributed by atoms with E-state index >= 15 is 0 Å². The molecular formula is C27H23BF5N3O. The molecule has 0 saturated heterocycles. The van der Waals surface area contributed by atoms with Crippen molar-refractivity contribution in [1.29, 1.82) is 0 Å². The molecule has 0 N–H and O–H groups in total. The van der Waals surface area contributed by atoms with E-state index in [1.165, 1.54) is 19.2 Å². The first-order valence-electron chi connectivity index (χ1n) is 11.6. The zero-order chi connectivity index (χ0) is 26.6. The molecule has 0 fully saturated rings. The van der Waals surface area contributed by atoms with Gasteiger partial charge < -0.3 is 9.21 Å². The van der Waals surface area contributed by atoms with Crippen molar-refractivity contribution in [2.24, 2.45) is 4.99 Å². The van der Waals surface area contributed by atoms with Crippen LogP contribution in [0.4, 0.5) is 21.8 Å². The molecule has 1 heterocycles. The number of ether oxygens (including phenoxy) is 1. The van der Waals surface area contributed by atoms with Gasteiger partial charge in [-0.15, -0.1) is 0 Å².